The number of hydrogen-bond donors (Lipinski definition) is 2. The Balaban J connectivity index is 1.67. The Bertz CT molecular complexity index is 980. The first-order valence-corrected chi connectivity index (χ1v) is 10.3. The normalized spacial score (nSPS) is 12.1. The fourth-order valence-corrected chi connectivity index (χ4v) is 4.41. The molecule has 0 spiro atoms. The van der Waals surface area contributed by atoms with Gasteiger partial charge in [0, 0.05) is 25.3 Å². The van der Waals surface area contributed by atoms with E-state index in [9.17, 15) is 8.42 Å². The maximum atomic E-state index is 12.2. The van der Waals surface area contributed by atoms with Gasteiger partial charge in [0.15, 0.2) is 0 Å². The molecular formula is C19H24N4O2S. The Kier molecular flexibility index (Phi) is 5.70. The molecule has 0 radical (unpaired) electrons. The first kappa shape index (κ1) is 18.6. The maximum Gasteiger partial charge on any atom is 0.216 e. The zero-order valence-electron chi connectivity index (χ0n) is 15.0. The number of hydrogen-bond acceptors (Lipinski definition) is 4. The fourth-order valence-electron chi connectivity index (χ4n) is 2.92. The highest BCUT2D eigenvalue weighted by molar-refractivity contribution is 7.88. The number of nitrogens with one attached hydrogen (secondary N) is 2. The molecule has 0 saturated carbocycles. The van der Waals surface area contributed by atoms with Crippen LogP contribution >= 0.6 is 0 Å². The second-order valence-corrected chi connectivity index (χ2v) is 8.34. The number of sulfonamides is 1. The van der Waals surface area contributed by atoms with Crippen molar-refractivity contribution < 1.29 is 8.42 Å². The summed E-state index contributed by atoms with van der Waals surface area (Å²) in [6.45, 7) is 4.88. The van der Waals surface area contributed by atoms with Crippen LogP contribution in [0.25, 0.3) is 5.65 Å². The van der Waals surface area contributed by atoms with E-state index in [0.717, 1.165) is 22.5 Å². The molecule has 0 amide bonds. The van der Waals surface area contributed by atoms with Crippen molar-refractivity contribution in [3.8, 4) is 0 Å². The highest BCUT2D eigenvalue weighted by Gasteiger charge is 2.15. The Morgan fingerprint density at radius 1 is 1.04 bits per heavy atom. The Morgan fingerprint density at radius 2 is 1.77 bits per heavy atom. The molecule has 0 aliphatic heterocycles. The van der Waals surface area contributed by atoms with Gasteiger partial charge in [-0.2, -0.15) is 0 Å². The summed E-state index contributed by atoms with van der Waals surface area (Å²) in [5.41, 5.74) is 3.77. The van der Waals surface area contributed by atoms with Gasteiger partial charge in [-0.05, 0) is 37.1 Å². The third kappa shape index (κ3) is 4.69. The Morgan fingerprint density at radius 3 is 2.54 bits per heavy atom. The summed E-state index contributed by atoms with van der Waals surface area (Å²) in [5.74, 6) is -0.0152. The first-order chi connectivity index (χ1) is 12.4. The van der Waals surface area contributed by atoms with Gasteiger partial charge in [-0.1, -0.05) is 30.3 Å². The highest BCUT2D eigenvalue weighted by atomic mass is 32.2. The SMILES string of the molecule is CC(C)NS(=O)(=O)Cc1ccccc1CNCc1cnc2ccccn12. The third-order valence-electron chi connectivity index (χ3n) is 3.99. The Labute approximate surface area is 154 Å². The van der Waals surface area contributed by atoms with E-state index in [1.165, 1.54) is 0 Å². The molecule has 7 heteroatoms. The standard InChI is InChI=1S/C19H24N4O2S/c1-15(2)22-26(24,25)14-17-8-4-3-7-16(17)11-20-12-18-13-21-19-9-5-6-10-23(18)19/h3-10,13,15,20,22H,11-12,14H2,1-2H3. The molecule has 2 heterocycles. The number of benzene rings is 1. The monoisotopic (exact) mass is 372 g/mol. The minimum absolute atomic E-state index is 0.0152. The molecule has 2 aromatic heterocycles. The number of fused-ring (bicyclic) bond motifs is 1. The zero-order chi connectivity index (χ0) is 18.6. The van der Waals surface area contributed by atoms with Crippen molar-refractivity contribution in [2.75, 3.05) is 0 Å². The number of nitrogens with zero attached hydrogens (tertiary/aromatic N) is 2. The summed E-state index contributed by atoms with van der Waals surface area (Å²) in [5, 5.41) is 3.39. The number of pyridine rings is 1. The van der Waals surface area contributed by atoms with Crippen LogP contribution < -0.4 is 10.0 Å². The minimum atomic E-state index is -3.35. The molecule has 6 nitrogen and oxygen atoms in total. The molecule has 0 saturated heterocycles. The van der Waals surface area contributed by atoms with Crippen molar-refractivity contribution in [2.45, 2.75) is 38.7 Å². The summed E-state index contributed by atoms with van der Waals surface area (Å²) >= 11 is 0. The van der Waals surface area contributed by atoms with Gasteiger partial charge in [0.2, 0.25) is 10.0 Å². The minimum Gasteiger partial charge on any atom is -0.307 e. The van der Waals surface area contributed by atoms with Gasteiger partial charge in [0.1, 0.15) is 5.65 Å². The lowest BCUT2D eigenvalue weighted by atomic mass is 10.1. The molecule has 26 heavy (non-hydrogen) atoms. The quantitative estimate of drug-likeness (QED) is 0.637. The molecule has 0 bridgehead atoms. The summed E-state index contributed by atoms with van der Waals surface area (Å²) in [6.07, 6.45) is 3.84. The molecule has 0 aliphatic carbocycles. The van der Waals surface area contributed by atoms with Crippen molar-refractivity contribution >= 4 is 15.7 Å². The van der Waals surface area contributed by atoms with E-state index < -0.39 is 10.0 Å². The second-order valence-electron chi connectivity index (χ2n) is 6.58. The van der Waals surface area contributed by atoms with Crippen LogP contribution in [0.2, 0.25) is 0 Å². The maximum absolute atomic E-state index is 12.2. The van der Waals surface area contributed by atoms with Crippen LogP contribution in [0.4, 0.5) is 0 Å². The van der Waals surface area contributed by atoms with E-state index in [-0.39, 0.29) is 11.8 Å². The average Bonchev–Trinajstić information content (AvgIpc) is 2.98. The summed E-state index contributed by atoms with van der Waals surface area (Å²) < 4.78 is 29.1. The number of rotatable bonds is 8. The number of imidazole rings is 1. The van der Waals surface area contributed by atoms with Crippen LogP contribution in [-0.4, -0.2) is 23.8 Å². The zero-order valence-corrected chi connectivity index (χ0v) is 15.8. The van der Waals surface area contributed by atoms with Crippen molar-refractivity contribution in [1.29, 1.82) is 0 Å². The first-order valence-electron chi connectivity index (χ1n) is 8.63. The van der Waals surface area contributed by atoms with Crippen molar-refractivity contribution in [3.63, 3.8) is 0 Å². The predicted molar refractivity (Wildman–Crippen MR) is 103 cm³/mol. The van der Waals surface area contributed by atoms with Gasteiger partial charge in [0.05, 0.1) is 17.6 Å². The van der Waals surface area contributed by atoms with Crippen LogP contribution in [-0.2, 0) is 28.9 Å². The van der Waals surface area contributed by atoms with Gasteiger partial charge in [-0.15, -0.1) is 0 Å². The van der Waals surface area contributed by atoms with Crippen LogP contribution in [0.1, 0.15) is 30.7 Å². The van der Waals surface area contributed by atoms with Crippen LogP contribution in [0.5, 0.6) is 0 Å². The topological polar surface area (TPSA) is 75.5 Å². The molecule has 3 rings (SSSR count). The molecule has 3 aromatic rings. The van der Waals surface area contributed by atoms with E-state index in [1.807, 2.05) is 73.1 Å². The predicted octanol–water partition coefficient (Wildman–Crippen LogP) is 2.45. The molecular weight excluding hydrogens is 348 g/mol. The lowest BCUT2D eigenvalue weighted by Gasteiger charge is -2.13. The summed E-state index contributed by atoms with van der Waals surface area (Å²) in [7, 11) is -3.35. The van der Waals surface area contributed by atoms with E-state index in [4.69, 9.17) is 0 Å². The molecule has 0 atom stereocenters. The molecule has 0 aliphatic rings. The van der Waals surface area contributed by atoms with Gasteiger partial charge < -0.3 is 9.72 Å². The van der Waals surface area contributed by atoms with Crippen molar-refractivity contribution in [3.05, 3.63) is 71.7 Å². The lowest BCUT2D eigenvalue weighted by molar-refractivity contribution is 0.568. The third-order valence-corrected chi connectivity index (χ3v) is 5.52. The molecule has 0 unspecified atom stereocenters. The fraction of sp³-hybridized carbons (Fsp3) is 0.316. The summed E-state index contributed by atoms with van der Waals surface area (Å²) in [6, 6.07) is 13.4. The van der Waals surface area contributed by atoms with Gasteiger partial charge in [0.25, 0.3) is 0 Å². The van der Waals surface area contributed by atoms with E-state index in [1.54, 1.807) is 0 Å². The summed E-state index contributed by atoms with van der Waals surface area (Å²) in [4.78, 5) is 4.37. The average molecular weight is 372 g/mol. The van der Waals surface area contributed by atoms with Crippen molar-refractivity contribution in [2.24, 2.45) is 0 Å². The molecule has 1 aromatic carbocycles. The van der Waals surface area contributed by atoms with E-state index >= 15 is 0 Å². The van der Waals surface area contributed by atoms with Crippen LogP contribution in [0.3, 0.4) is 0 Å². The van der Waals surface area contributed by atoms with Crippen molar-refractivity contribution in [1.82, 2.24) is 19.4 Å². The van der Waals surface area contributed by atoms with Gasteiger partial charge in [-0.3, -0.25) is 0 Å². The molecule has 0 fully saturated rings. The van der Waals surface area contributed by atoms with Crippen LogP contribution in [0.15, 0.2) is 54.9 Å². The van der Waals surface area contributed by atoms with Gasteiger partial charge in [-0.25, -0.2) is 18.1 Å². The van der Waals surface area contributed by atoms with Crippen LogP contribution in [0, 0.1) is 0 Å². The Hall–Kier alpha value is -2.22. The molecule has 138 valence electrons. The van der Waals surface area contributed by atoms with E-state index in [0.29, 0.717) is 13.1 Å². The second kappa shape index (κ2) is 7.99. The largest absolute Gasteiger partial charge is 0.307 e. The van der Waals surface area contributed by atoms with E-state index in [2.05, 4.69) is 15.0 Å². The van der Waals surface area contributed by atoms with Gasteiger partial charge >= 0.3 is 0 Å². The molecule has 2 N–H and O–H groups in total. The smallest absolute Gasteiger partial charge is 0.216 e. The lowest BCUT2D eigenvalue weighted by Crippen LogP contribution is -2.31. The number of aromatic nitrogens is 2. The highest BCUT2D eigenvalue weighted by Crippen LogP contribution is 2.13.